The van der Waals surface area contributed by atoms with E-state index < -0.39 is 16.9 Å². The van der Waals surface area contributed by atoms with Crippen molar-refractivity contribution in [3.63, 3.8) is 0 Å². The first-order chi connectivity index (χ1) is 11.5. The summed E-state index contributed by atoms with van der Waals surface area (Å²) in [4.78, 5) is 33.9. The van der Waals surface area contributed by atoms with Crippen molar-refractivity contribution < 1.29 is 24.0 Å². The Morgan fingerprint density at radius 3 is 2.25 bits per heavy atom. The molecule has 2 aromatic carbocycles. The molecule has 7 nitrogen and oxygen atoms in total. The summed E-state index contributed by atoms with van der Waals surface area (Å²) in [7, 11) is 1.28. The molecule has 0 spiro atoms. The van der Waals surface area contributed by atoms with Gasteiger partial charge in [-0.3, -0.25) is 14.9 Å². The highest BCUT2D eigenvalue weighted by molar-refractivity contribution is 8.00. The fourth-order valence-corrected chi connectivity index (χ4v) is 2.42. The zero-order valence-corrected chi connectivity index (χ0v) is 13.4. The second-order valence-electron chi connectivity index (χ2n) is 4.53. The lowest BCUT2D eigenvalue weighted by Crippen LogP contribution is -2.10. The number of hydrogen-bond donors (Lipinski definition) is 0. The molecule has 0 aliphatic heterocycles. The van der Waals surface area contributed by atoms with Gasteiger partial charge in [-0.15, -0.1) is 11.8 Å². The fraction of sp³-hybridized carbons (Fsp3) is 0.125. The van der Waals surface area contributed by atoms with Gasteiger partial charge in [-0.2, -0.15) is 0 Å². The predicted molar refractivity (Wildman–Crippen MR) is 87.2 cm³/mol. The quantitative estimate of drug-likeness (QED) is 0.260. The van der Waals surface area contributed by atoms with Crippen molar-refractivity contribution in [3.05, 3.63) is 64.2 Å². The molecule has 0 bridgehead atoms. The number of non-ortho nitro benzene ring substituents is 1. The van der Waals surface area contributed by atoms with Gasteiger partial charge in [0, 0.05) is 17.0 Å². The van der Waals surface area contributed by atoms with Gasteiger partial charge in [0.25, 0.3) is 5.69 Å². The van der Waals surface area contributed by atoms with E-state index in [4.69, 9.17) is 4.74 Å². The van der Waals surface area contributed by atoms with Gasteiger partial charge in [-0.05, 0) is 36.4 Å². The number of nitro benzene ring substituents is 1. The standard InChI is InChI=1S/C16H13NO6S/c1-22-16(19)11-2-6-13(7-3-11)23-15(18)10-24-14-8-4-12(5-9-14)17(20)21/h2-9H,10H2,1H3. The topological polar surface area (TPSA) is 95.7 Å². The molecule has 0 aromatic heterocycles. The van der Waals surface area contributed by atoms with E-state index >= 15 is 0 Å². The van der Waals surface area contributed by atoms with E-state index in [0.29, 0.717) is 11.3 Å². The molecule has 0 unspecified atom stereocenters. The number of esters is 2. The van der Waals surface area contributed by atoms with Crippen molar-refractivity contribution in [2.45, 2.75) is 4.90 Å². The molecule has 0 atom stereocenters. The van der Waals surface area contributed by atoms with E-state index in [0.717, 1.165) is 4.90 Å². The van der Waals surface area contributed by atoms with Crippen LogP contribution in [0.4, 0.5) is 5.69 Å². The van der Waals surface area contributed by atoms with Crippen LogP contribution in [0.15, 0.2) is 53.4 Å². The average molecular weight is 347 g/mol. The second kappa shape index (κ2) is 8.11. The third kappa shape index (κ3) is 4.82. The smallest absolute Gasteiger partial charge is 0.337 e. The summed E-state index contributed by atoms with van der Waals surface area (Å²) in [6.07, 6.45) is 0. The van der Waals surface area contributed by atoms with Crippen molar-refractivity contribution in [1.82, 2.24) is 0 Å². The Morgan fingerprint density at radius 1 is 1.08 bits per heavy atom. The van der Waals surface area contributed by atoms with Crippen molar-refractivity contribution in [3.8, 4) is 5.75 Å². The molecule has 0 radical (unpaired) electrons. The Labute approximate surface area is 141 Å². The number of methoxy groups -OCH3 is 1. The van der Waals surface area contributed by atoms with Crippen LogP contribution in [-0.4, -0.2) is 29.7 Å². The summed E-state index contributed by atoms with van der Waals surface area (Å²) < 4.78 is 9.72. The van der Waals surface area contributed by atoms with Crippen LogP contribution in [0.3, 0.4) is 0 Å². The fourth-order valence-electron chi connectivity index (χ4n) is 1.74. The van der Waals surface area contributed by atoms with Crippen molar-refractivity contribution >= 4 is 29.4 Å². The Morgan fingerprint density at radius 2 is 1.71 bits per heavy atom. The van der Waals surface area contributed by atoms with Gasteiger partial charge < -0.3 is 9.47 Å². The molecule has 0 amide bonds. The molecule has 2 aromatic rings. The van der Waals surface area contributed by atoms with Crippen molar-refractivity contribution in [1.29, 1.82) is 0 Å². The molecule has 0 saturated heterocycles. The molecule has 24 heavy (non-hydrogen) atoms. The lowest BCUT2D eigenvalue weighted by Gasteiger charge is -2.05. The molecule has 8 heteroatoms. The summed E-state index contributed by atoms with van der Waals surface area (Å²) >= 11 is 1.21. The number of rotatable bonds is 6. The maximum atomic E-state index is 11.8. The highest BCUT2D eigenvalue weighted by Gasteiger charge is 2.10. The lowest BCUT2D eigenvalue weighted by molar-refractivity contribution is -0.384. The maximum Gasteiger partial charge on any atom is 0.337 e. The molecular weight excluding hydrogens is 334 g/mol. The van der Waals surface area contributed by atoms with Crippen molar-refractivity contribution in [2.24, 2.45) is 0 Å². The Balaban J connectivity index is 1.86. The van der Waals surface area contributed by atoms with Crippen LogP contribution in [0.25, 0.3) is 0 Å². The third-order valence-corrected chi connectivity index (χ3v) is 3.90. The first-order valence-corrected chi connectivity index (χ1v) is 7.74. The number of nitro groups is 1. The van der Waals surface area contributed by atoms with E-state index in [2.05, 4.69) is 4.74 Å². The van der Waals surface area contributed by atoms with Crippen LogP contribution >= 0.6 is 11.8 Å². The van der Waals surface area contributed by atoms with E-state index in [1.165, 1.54) is 55.3 Å². The number of carbonyl (C=O) groups excluding carboxylic acids is 2. The summed E-state index contributed by atoms with van der Waals surface area (Å²) in [5, 5.41) is 10.6. The zero-order valence-electron chi connectivity index (χ0n) is 12.6. The number of benzene rings is 2. The minimum absolute atomic E-state index is 0.00683. The SMILES string of the molecule is COC(=O)c1ccc(OC(=O)CSc2ccc([N+](=O)[O-])cc2)cc1. The van der Waals surface area contributed by atoms with Gasteiger partial charge in [0.05, 0.1) is 23.3 Å². The molecule has 0 aliphatic rings. The molecule has 124 valence electrons. The number of ether oxygens (including phenoxy) is 2. The van der Waals surface area contributed by atoms with Gasteiger partial charge in [0.2, 0.25) is 0 Å². The van der Waals surface area contributed by atoms with Crippen molar-refractivity contribution in [2.75, 3.05) is 12.9 Å². The first kappa shape index (κ1) is 17.5. The Kier molecular flexibility index (Phi) is 5.91. The normalized spacial score (nSPS) is 10.0. The van der Waals surface area contributed by atoms with Crippen LogP contribution in [0.2, 0.25) is 0 Å². The first-order valence-electron chi connectivity index (χ1n) is 6.76. The predicted octanol–water partition coefficient (Wildman–Crippen LogP) is 3.08. The summed E-state index contributed by atoms with van der Waals surface area (Å²) in [6, 6.07) is 11.9. The van der Waals surface area contributed by atoms with E-state index in [1.807, 2.05) is 0 Å². The van der Waals surface area contributed by atoms with Crippen LogP contribution in [-0.2, 0) is 9.53 Å². The van der Waals surface area contributed by atoms with Gasteiger partial charge in [0.1, 0.15) is 5.75 Å². The van der Waals surface area contributed by atoms with Crippen LogP contribution in [0, 0.1) is 10.1 Å². The summed E-state index contributed by atoms with van der Waals surface area (Å²) in [6.45, 7) is 0. The number of nitrogens with zero attached hydrogens (tertiary/aromatic N) is 1. The largest absolute Gasteiger partial charge is 0.465 e. The highest BCUT2D eigenvalue weighted by atomic mass is 32.2. The molecular formula is C16H13NO6S. The number of thioether (sulfide) groups is 1. The molecule has 0 fully saturated rings. The molecule has 0 N–H and O–H groups in total. The third-order valence-electron chi connectivity index (χ3n) is 2.91. The number of carbonyl (C=O) groups is 2. The summed E-state index contributed by atoms with van der Waals surface area (Å²) in [5.74, 6) is -0.570. The minimum atomic E-state index is -0.485. The van der Waals surface area contributed by atoms with E-state index in [-0.39, 0.29) is 11.4 Å². The van der Waals surface area contributed by atoms with Crippen LogP contribution < -0.4 is 4.74 Å². The highest BCUT2D eigenvalue weighted by Crippen LogP contribution is 2.22. The molecule has 2 rings (SSSR count). The number of hydrogen-bond acceptors (Lipinski definition) is 7. The molecule has 0 aliphatic carbocycles. The Hall–Kier alpha value is -2.87. The lowest BCUT2D eigenvalue weighted by atomic mass is 10.2. The van der Waals surface area contributed by atoms with Crippen LogP contribution in [0.5, 0.6) is 5.75 Å². The minimum Gasteiger partial charge on any atom is -0.465 e. The van der Waals surface area contributed by atoms with E-state index in [9.17, 15) is 19.7 Å². The van der Waals surface area contributed by atoms with Gasteiger partial charge in [0.15, 0.2) is 0 Å². The van der Waals surface area contributed by atoms with Gasteiger partial charge in [-0.1, -0.05) is 0 Å². The Bertz CT molecular complexity index is 742. The monoisotopic (exact) mass is 347 g/mol. The van der Waals surface area contributed by atoms with E-state index in [1.54, 1.807) is 12.1 Å². The zero-order chi connectivity index (χ0) is 17.5. The van der Waals surface area contributed by atoms with Gasteiger partial charge >= 0.3 is 11.9 Å². The maximum absolute atomic E-state index is 11.8. The van der Waals surface area contributed by atoms with Crippen LogP contribution in [0.1, 0.15) is 10.4 Å². The molecule has 0 heterocycles. The molecule has 0 saturated carbocycles. The average Bonchev–Trinajstić information content (AvgIpc) is 2.60. The van der Waals surface area contributed by atoms with Gasteiger partial charge in [-0.25, -0.2) is 4.79 Å². The second-order valence-corrected chi connectivity index (χ2v) is 5.58. The summed E-state index contributed by atoms with van der Waals surface area (Å²) in [5.41, 5.74) is 0.352.